The molecule has 1 aromatic carbocycles. The lowest BCUT2D eigenvalue weighted by Crippen LogP contribution is -2.54. The van der Waals surface area contributed by atoms with Crippen LogP contribution in [0, 0.1) is 6.92 Å². The SMILES string of the molecule is Cc1c([C@@H](O)CN2CCC(C)(NC(=O)c3cnc(-n4cnnn4)cn3)CC2)ccc2c1COC2=O. The van der Waals surface area contributed by atoms with Gasteiger partial charge in [0.2, 0.25) is 0 Å². The van der Waals surface area contributed by atoms with Gasteiger partial charge in [-0.1, -0.05) is 6.07 Å². The number of hydrogen-bond acceptors (Lipinski definition) is 10. The number of piperidine rings is 1. The van der Waals surface area contributed by atoms with Crippen LogP contribution < -0.4 is 5.32 Å². The number of aromatic nitrogens is 6. The van der Waals surface area contributed by atoms with Gasteiger partial charge in [-0.3, -0.25) is 4.79 Å². The third-order valence-electron chi connectivity index (χ3n) is 6.83. The molecule has 1 amide bonds. The maximum atomic E-state index is 12.8. The minimum Gasteiger partial charge on any atom is -0.457 e. The summed E-state index contributed by atoms with van der Waals surface area (Å²) in [5.74, 6) is -0.180. The van der Waals surface area contributed by atoms with E-state index in [4.69, 9.17) is 4.74 Å². The Kier molecular flexibility index (Phi) is 5.99. The number of nitrogens with zero attached hydrogens (tertiary/aromatic N) is 7. The molecule has 2 N–H and O–H groups in total. The summed E-state index contributed by atoms with van der Waals surface area (Å²) in [6, 6.07) is 3.54. The van der Waals surface area contributed by atoms with E-state index in [-0.39, 0.29) is 24.2 Å². The third kappa shape index (κ3) is 4.62. The molecular weight excluding hydrogens is 452 g/mol. The first kappa shape index (κ1) is 23.0. The second-order valence-corrected chi connectivity index (χ2v) is 9.23. The molecule has 0 radical (unpaired) electrons. The lowest BCUT2D eigenvalue weighted by molar-refractivity contribution is 0.0534. The van der Waals surface area contributed by atoms with E-state index < -0.39 is 11.6 Å². The predicted molar refractivity (Wildman–Crippen MR) is 122 cm³/mol. The van der Waals surface area contributed by atoms with Crippen LogP contribution in [-0.2, 0) is 11.3 Å². The highest BCUT2D eigenvalue weighted by atomic mass is 16.5. The number of hydrogen-bond donors (Lipinski definition) is 2. The summed E-state index contributed by atoms with van der Waals surface area (Å²) in [4.78, 5) is 35.1. The van der Waals surface area contributed by atoms with Gasteiger partial charge in [0.1, 0.15) is 18.6 Å². The van der Waals surface area contributed by atoms with Crippen molar-refractivity contribution < 1.29 is 19.4 Å². The van der Waals surface area contributed by atoms with Gasteiger partial charge in [0.25, 0.3) is 5.91 Å². The van der Waals surface area contributed by atoms with Gasteiger partial charge < -0.3 is 20.1 Å². The van der Waals surface area contributed by atoms with Crippen LogP contribution in [0.3, 0.4) is 0 Å². The van der Waals surface area contributed by atoms with Crippen molar-refractivity contribution in [2.45, 2.75) is 44.9 Å². The van der Waals surface area contributed by atoms with E-state index in [1.165, 1.54) is 23.4 Å². The Bertz CT molecular complexity index is 1240. The lowest BCUT2D eigenvalue weighted by Gasteiger charge is -2.40. The summed E-state index contributed by atoms with van der Waals surface area (Å²) in [6.45, 7) is 6.12. The second kappa shape index (κ2) is 9.12. The normalized spacial score (nSPS) is 18.1. The summed E-state index contributed by atoms with van der Waals surface area (Å²) in [6.07, 6.45) is 5.03. The van der Waals surface area contributed by atoms with Gasteiger partial charge in [0.15, 0.2) is 5.82 Å². The van der Waals surface area contributed by atoms with Crippen LogP contribution in [0.2, 0.25) is 0 Å². The number of likely N-dealkylation sites (tertiary alicyclic amines) is 1. The molecule has 1 atom stereocenters. The fourth-order valence-corrected chi connectivity index (χ4v) is 4.59. The first-order valence-corrected chi connectivity index (χ1v) is 11.4. The van der Waals surface area contributed by atoms with Gasteiger partial charge in [0, 0.05) is 30.7 Å². The molecule has 1 saturated heterocycles. The molecule has 0 saturated carbocycles. The molecule has 35 heavy (non-hydrogen) atoms. The van der Waals surface area contributed by atoms with Crippen LogP contribution in [0.4, 0.5) is 0 Å². The molecule has 3 aromatic rings. The highest BCUT2D eigenvalue weighted by Gasteiger charge is 2.33. The number of aliphatic hydroxyl groups excluding tert-OH is 1. The zero-order valence-electron chi connectivity index (χ0n) is 19.5. The predicted octanol–water partition coefficient (Wildman–Crippen LogP) is 0.749. The Balaban J connectivity index is 1.16. The van der Waals surface area contributed by atoms with Gasteiger partial charge in [-0.2, -0.15) is 4.68 Å². The van der Waals surface area contributed by atoms with Crippen molar-refractivity contribution in [1.82, 2.24) is 40.4 Å². The number of aliphatic hydroxyl groups is 1. The molecule has 0 bridgehead atoms. The van der Waals surface area contributed by atoms with E-state index in [0.29, 0.717) is 17.9 Å². The number of fused-ring (bicyclic) bond motifs is 1. The van der Waals surface area contributed by atoms with Crippen LogP contribution in [0.15, 0.2) is 30.9 Å². The maximum absolute atomic E-state index is 12.8. The van der Waals surface area contributed by atoms with Crippen LogP contribution in [0.1, 0.15) is 63.4 Å². The molecule has 182 valence electrons. The number of tetrazole rings is 1. The Labute approximate surface area is 201 Å². The van der Waals surface area contributed by atoms with Gasteiger partial charge in [0.05, 0.1) is 24.1 Å². The van der Waals surface area contributed by atoms with Crippen LogP contribution >= 0.6 is 0 Å². The largest absolute Gasteiger partial charge is 0.457 e. The van der Waals surface area contributed by atoms with Gasteiger partial charge in [-0.05, 0) is 54.3 Å². The Morgan fingerprint density at radius 2 is 2.06 bits per heavy atom. The van der Waals surface area contributed by atoms with Crippen LogP contribution in [-0.4, -0.2) is 77.2 Å². The topological polar surface area (TPSA) is 148 Å². The number of nitrogens with one attached hydrogen (secondary N) is 1. The van der Waals surface area contributed by atoms with Gasteiger partial charge in [-0.25, -0.2) is 14.8 Å². The molecule has 1 fully saturated rings. The minimum atomic E-state index is -0.677. The number of carbonyl (C=O) groups excluding carboxylic acids is 2. The number of cyclic esters (lactones) is 1. The maximum Gasteiger partial charge on any atom is 0.338 e. The van der Waals surface area contributed by atoms with E-state index in [9.17, 15) is 14.7 Å². The van der Waals surface area contributed by atoms with Crippen molar-refractivity contribution in [3.05, 3.63) is 58.8 Å². The molecule has 2 aliphatic heterocycles. The smallest absolute Gasteiger partial charge is 0.338 e. The molecule has 2 aliphatic rings. The molecule has 12 nitrogen and oxygen atoms in total. The van der Waals surface area contributed by atoms with E-state index >= 15 is 0 Å². The Morgan fingerprint density at radius 3 is 2.74 bits per heavy atom. The highest BCUT2D eigenvalue weighted by molar-refractivity contribution is 5.94. The summed E-state index contributed by atoms with van der Waals surface area (Å²) in [7, 11) is 0. The molecule has 12 heteroatoms. The van der Waals surface area contributed by atoms with Crippen LogP contribution in [0.5, 0.6) is 0 Å². The quantitative estimate of drug-likeness (QED) is 0.486. The molecule has 5 rings (SSSR count). The summed E-state index contributed by atoms with van der Waals surface area (Å²) >= 11 is 0. The second-order valence-electron chi connectivity index (χ2n) is 9.23. The van der Waals surface area contributed by atoms with Gasteiger partial charge in [-0.15, -0.1) is 5.10 Å². The van der Waals surface area contributed by atoms with E-state index in [0.717, 1.165) is 42.6 Å². The molecule has 2 aromatic heterocycles. The Hall–Kier alpha value is -3.77. The van der Waals surface area contributed by atoms with Crippen LogP contribution in [0.25, 0.3) is 5.82 Å². The first-order chi connectivity index (χ1) is 16.8. The van der Waals surface area contributed by atoms with Crippen molar-refractivity contribution in [3.63, 3.8) is 0 Å². The number of carbonyl (C=O) groups is 2. The summed E-state index contributed by atoms with van der Waals surface area (Å²) in [5.41, 5.74) is 2.98. The summed E-state index contributed by atoms with van der Waals surface area (Å²) in [5, 5.41) is 24.8. The number of rotatable bonds is 6. The fourth-order valence-electron chi connectivity index (χ4n) is 4.59. The summed E-state index contributed by atoms with van der Waals surface area (Å²) < 4.78 is 6.47. The van der Waals surface area contributed by atoms with Crippen molar-refractivity contribution in [2.24, 2.45) is 0 Å². The molecular formula is C23H26N8O4. The van der Waals surface area contributed by atoms with Crippen molar-refractivity contribution in [2.75, 3.05) is 19.6 Å². The number of amides is 1. The fraction of sp³-hybridized carbons (Fsp3) is 0.435. The zero-order chi connectivity index (χ0) is 24.6. The average molecular weight is 479 g/mol. The first-order valence-electron chi connectivity index (χ1n) is 11.4. The number of β-amino-alcohol motifs (C(OH)–C–C–N with tert-alkyl or cyclic N) is 1. The standard InChI is InChI=1S/C23H26N8O4/c1-14-15(3-4-16-17(14)12-35-22(16)34)19(32)11-30-7-5-23(2,6-8-30)27-21(33)18-9-25-20(10-24-18)31-13-26-28-29-31/h3-4,9-10,13,19,32H,5-8,11-12H2,1-2H3,(H,27,33)/t19-/m0/s1. The molecule has 0 spiro atoms. The van der Waals surface area contributed by atoms with E-state index in [2.05, 4.69) is 35.7 Å². The highest BCUT2D eigenvalue weighted by Crippen LogP contribution is 2.30. The van der Waals surface area contributed by atoms with Gasteiger partial charge >= 0.3 is 5.97 Å². The number of esters is 1. The molecule has 0 unspecified atom stereocenters. The Morgan fingerprint density at radius 1 is 1.26 bits per heavy atom. The lowest BCUT2D eigenvalue weighted by atomic mass is 9.88. The van der Waals surface area contributed by atoms with E-state index in [1.807, 2.05) is 19.9 Å². The van der Waals surface area contributed by atoms with Crippen molar-refractivity contribution in [1.29, 1.82) is 0 Å². The average Bonchev–Trinajstić information content (AvgIpc) is 3.52. The zero-order valence-corrected chi connectivity index (χ0v) is 19.5. The monoisotopic (exact) mass is 478 g/mol. The number of benzene rings is 1. The van der Waals surface area contributed by atoms with Crippen molar-refractivity contribution >= 4 is 11.9 Å². The molecule has 0 aliphatic carbocycles. The number of ether oxygens (including phenoxy) is 1. The van der Waals surface area contributed by atoms with E-state index in [1.54, 1.807) is 6.07 Å². The molecule has 4 heterocycles. The third-order valence-corrected chi connectivity index (χ3v) is 6.83. The minimum absolute atomic E-state index is 0.218. The van der Waals surface area contributed by atoms with Crippen molar-refractivity contribution in [3.8, 4) is 5.82 Å².